The van der Waals surface area contributed by atoms with Crippen LogP contribution in [0.25, 0.3) is 5.65 Å². The van der Waals surface area contributed by atoms with E-state index in [9.17, 15) is 4.79 Å². The van der Waals surface area contributed by atoms with Gasteiger partial charge in [-0.05, 0) is 31.9 Å². The number of carbonyl (C=O) groups excluding carboxylic acids is 1. The van der Waals surface area contributed by atoms with Crippen molar-refractivity contribution in [3.8, 4) is 0 Å². The zero-order valence-corrected chi connectivity index (χ0v) is 12.1. The van der Waals surface area contributed by atoms with Gasteiger partial charge < -0.3 is 4.74 Å². The largest absolute Gasteiger partial charge is 0.465 e. The number of hydrogen-bond acceptors (Lipinski definition) is 4. The minimum absolute atomic E-state index is 0.174. The van der Waals surface area contributed by atoms with E-state index in [1.165, 1.54) is 0 Å². The molecule has 106 valence electrons. The van der Waals surface area contributed by atoms with E-state index in [2.05, 4.69) is 10.1 Å². The van der Waals surface area contributed by atoms with Crippen molar-refractivity contribution in [2.45, 2.75) is 38.0 Å². The number of esters is 1. The fourth-order valence-electron chi connectivity index (χ4n) is 2.90. The van der Waals surface area contributed by atoms with E-state index in [1.807, 2.05) is 6.92 Å². The average Bonchev–Trinajstić information content (AvgIpc) is 3.05. The van der Waals surface area contributed by atoms with Crippen molar-refractivity contribution in [2.75, 3.05) is 6.61 Å². The number of halogens is 1. The molecule has 2 heterocycles. The van der Waals surface area contributed by atoms with E-state index in [4.69, 9.17) is 16.3 Å². The number of imidazole rings is 1. The van der Waals surface area contributed by atoms with Crippen molar-refractivity contribution >= 4 is 23.2 Å². The molecule has 0 radical (unpaired) electrons. The molecule has 2 aromatic rings. The Bertz CT molecular complexity index is 647. The fourth-order valence-corrected chi connectivity index (χ4v) is 3.05. The number of aromatic nitrogens is 3. The quantitative estimate of drug-likeness (QED) is 0.817. The van der Waals surface area contributed by atoms with Crippen LogP contribution in [0.15, 0.2) is 18.3 Å². The summed E-state index contributed by atoms with van der Waals surface area (Å²) >= 11 is 5.88. The summed E-state index contributed by atoms with van der Waals surface area (Å²) in [5.41, 5.74) is 0.819. The summed E-state index contributed by atoms with van der Waals surface area (Å²) in [7, 11) is 0. The molecule has 0 unspecified atom stereocenters. The third kappa shape index (κ3) is 2.06. The number of carbonyl (C=O) groups is 1. The van der Waals surface area contributed by atoms with E-state index >= 15 is 0 Å². The van der Waals surface area contributed by atoms with Gasteiger partial charge >= 0.3 is 5.97 Å². The van der Waals surface area contributed by atoms with Gasteiger partial charge in [-0.1, -0.05) is 24.4 Å². The van der Waals surface area contributed by atoms with Crippen LogP contribution in [-0.2, 0) is 14.9 Å². The van der Waals surface area contributed by atoms with Gasteiger partial charge in [-0.3, -0.25) is 4.79 Å². The Morgan fingerprint density at radius 2 is 2.20 bits per heavy atom. The molecule has 20 heavy (non-hydrogen) atoms. The predicted octanol–water partition coefficient (Wildman–Crippen LogP) is 2.76. The SMILES string of the molecule is CCOC(=O)C1(c2cn3nc(Cl)ccc3n2)CCCC1. The molecule has 0 bridgehead atoms. The monoisotopic (exact) mass is 293 g/mol. The number of fused-ring (bicyclic) bond motifs is 1. The molecule has 1 aliphatic rings. The molecule has 1 fully saturated rings. The number of ether oxygens (including phenoxy) is 1. The molecule has 6 heteroatoms. The van der Waals surface area contributed by atoms with Crippen molar-refractivity contribution in [2.24, 2.45) is 0 Å². The van der Waals surface area contributed by atoms with E-state index in [0.29, 0.717) is 17.4 Å². The molecule has 2 aromatic heterocycles. The van der Waals surface area contributed by atoms with Crippen molar-refractivity contribution < 1.29 is 9.53 Å². The van der Waals surface area contributed by atoms with Crippen molar-refractivity contribution in [1.82, 2.24) is 14.6 Å². The molecule has 0 atom stereocenters. The summed E-state index contributed by atoms with van der Waals surface area (Å²) in [6.07, 6.45) is 5.39. The summed E-state index contributed by atoms with van der Waals surface area (Å²) in [5, 5.41) is 4.57. The standard InChI is InChI=1S/C14H16ClN3O2/c1-2-20-13(19)14(7-3-4-8-14)10-9-18-12(16-10)6-5-11(15)17-18/h5-6,9H,2-4,7-8H2,1H3. The predicted molar refractivity (Wildman–Crippen MR) is 74.8 cm³/mol. The second kappa shape index (κ2) is 5.05. The molecular weight excluding hydrogens is 278 g/mol. The smallest absolute Gasteiger partial charge is 0.318 e. The minimum Gasteiger partial charge on any atom is -0.465 e. The van der Waals surface area contributed by atoms with Gasteiger partial charge in [0.15, 0.2) is 5.65 Å². The lowest BCUT2D eigenvalue weighted by molar-refractivity contribution is -0.150. The maximum atomic E-state index is 12.4. The molecule has 1 aliphatic carbocycles. The highest BCUT2D eigenvalue weighted by atomic mass is 35.5. The molecule has 0 aromatic carbocycles. The number of hydrogen-bond donors (Lipinski definition) is 0. The molecule has 0 aliphatic heterocycles. The Balaban J connectivity index is 2.07. The van der Waals surface area contributed by atoms with Crippen molar-refractivity contribution in [3.63, 3.8) is 0 Å². The first kappa shape index (κ1) is 13.4. The molecule has 0 amide bonds. The maximum Gasteiger partial charge on any atom is 0.318 e. The van der Waals surface area contributed by atoms with Crippen LogP contribution in [0.4, 0.5) is 0 Å². The molecule has 0 saturated heterocycles. The highest BCUT2D eigenvalue weighted by molar-refractivity contribution is 6.29. The maximum absolute atomic E-state index is 12.4. The minimum atomic E-state index is -0.615. The summed E-state index contributed by atoms with van der Waals surface area (Å²) in [6, 6.07) is 3.49. The first-order valence-corrected chi connectivity index (χ1v) is 7.23. The van der Waals surface area contributed by atoms with Crippen molar-refractivity contribution in [3.05, 3.63) is 29.2 Å². The van der Waals surface area contributed by atoms with Gasteiger partial charge in [0.25, 0.3) is 0 Å². The van der Waals surface area contributed by atoms with Crippen LogP contribution in [0.5, 0.6) is 0 Å². The Hall–Kier alpha value is -1.62. The van der Waals surface area contributed by atoms with Gasteiger partial charge in [0.2, 0.25) is 0 Å². The second-order valence-electron chi connectivity index (χ2n) is 5.09. The van der Waals surface area contributed by atoms with Gasteiger partial charge in [-0.15, -0.1) is 0 Å². The first-order valence-electron chi connectivity index (χ1n) is 6.85. The van der Waals surface area contributed by atoms with Crippen molar-refractivity contribution in [1.29, 1.82) is 0 Å². The van der Waals surface area contributed by atoms with E-state index in [-0.39, 0.29) is 5.97 Å². The van der Waals surface area contributed by atoms with Crippen LogP contribution >= 0.6 is 11.6 Å². The molecule has 3 rings (SSSR count). The first-order chi connectivity index (χ1) is 9.65. The molecule has 0 N–H and O–H groups in total. The summed E-state index contributed by atoms with van der Waals surface area (Å²) in [6.45, 7) is 2.21. The van der Waals surface area contributed by atoms with E-state index in [0.717, 1.165) is 31.4 Å². The molecule has 1 saturated carbocycles. The van der Waals surface area contributed by atoms with Crippen LogP contribution in [0.2, 0.25) is 5.15 Å². The summed E-state index contributed by atoms with van der Waals surface area (Å²) in [5.74, 6) is -0.174. The van der Waals surface area contributed by atoms with Crippen LogP contribution in [0.3, 0.4) is 0 Å². The lowest BCUT2D eigenvalue weighted by Crippen LogP contribution is -2.35. The van der Waals surface area contributed by atoms with E-state index < -0.39 is 5.41 Å². The summed E-state index contributed by atoms with van der Waals surface area (Å²) < 4.78 is 6.89. The second-order valence-corrected chi connectivity index (χ2v) is 5.48. The van der Waals surface area contributed by atoms with Crippen LogP contribution in [0, 0.1) is 0 Å². The highest BCUT2D eigenvalue weighted by Crippen LogP contribution is 2.41. The lowest BCUT2D eigenvalue weighted by atomic mass is 9.83. The van der Waals surface area contributed by atoms with Gasteiger partial charge in [-0.2, -0.15) is 5.10 Å². The average molecular weight is 294 g/mol. The topological polar surface area (TPSA) is 56.5 Å². The summed E-state index contributed by atoms with van der Waals surface area (Å²) in [4.78, 5) is 16.9. The fraction of sp³-hybridized carbons (Fsp3) is 0.500. The Labute approximate surface area is 121 Å². The van der Waals surface area contributed by atoms with Gasteiger partial charge in [0, 0.05) is 0 Å². The normalized spacial score (nSPS) is 17.5. The Morgan fingerprint density at radius 3 is 2.90 bits per heavy atom. The highest BCUT2D eigenvalue weighted by Gasteiger charge is 2.46. The molecule has 0 spiro atoms. The zero-order valence-electron chi connectivity index (χ0n) is 11.3. The molecular formula is C14H16ClN3O2. The van der Waals surface area contributed by atoms with Crippen LogP contribution in [0.1, 0.15) is 38.3 Å². The van der Waals surface area contributed by atoms with E-state index in [1.54, 1.807) is 22.8 Å². The van der Waals surface area contributed by atoms with Crippen LogP contribution in [-0.4, -0.2) is 27.2 Å². The number of nitrogens with zero attached hydrogens (tertiary/aromatic N) is 3. The zero-order chi connectivity index (χ0) is 14.2. The van der Waals surface area contributed by atoms with Gasteiger partial charge in [0.1, 0.15) is 10.6 Å². The number of rotatable bonds is 3. The van der Waals surface area contributed by atoms with Gasteiger partial charge in [-0.25, -0.2) is 9.50 Å². The molecule has 5 nitrogen and oxygen atoms in total. The lowest BCUT2D eigenvalue weighted by Gasteiger charge is -2.24. The van der Waals surface area contributed by atoms with Crippen LogP contribution < -0.4 is 0 Å². The Morgan fingerprint density at radius 1 is 1.45 bits per heavy atom. The van der Waals surface area contributed by atoms with Gasteiger partial charge in [0.05, 0.1) is 18.5 Å². The third-order valence-corrected chi connectivity index (χ3v) is 4.10. The Kier molecular flexibility index (Phi) is 3.38. The third-order valence-electron chi connectivity index (χ3n) is 3.90.